The van der Waals surface area contributed by atoms with Gasteiger partial charge in [-0.05, 0) is 109 Å². The summed E-state index contributed by atoms with van der Waals surface area (Å²) in [5.41, 5.74) is 0. The van der Waals surface area contributed by atoms with Crippen LogP contribution in [0.15, 0.2) is 72.9 Å². The van der Waals surface area contributed by atoms with Crippen molar-refractivity contribution in [2.24, 2.45) is 0 Å². The maximum absolute atomic E-state index is 12.8. The Morgan fingerprint density at radius 1 is 0.323 bits per heavy atom. The van der Waals surface area contributed by atoms with Crippen molar-refractivity contribution in [1.29, 1.82) is 0 Å². The fourth-order valence-corrected chi connectivity index (χ4v) is 7.54. The van der Waals surface area contributed by atoms with E-state index < -0.39 is 6.10 Å². The summed E-state index contributed by atoms with van der Waals surface area (Å²) in [4.78, 5) is 38.1. The van der Waals surface area contributed by atoms with E-state index in [0.29, 0.717) is 19.3 Å². The molecule has 6 heteroatoms. The summed E-state index contributed by atoms with van der Waals surface area (Å²) in [7, 11) is 0. The van der Waals surface area contributed by atoms with Crippen molar-refractivity contribution in [3.05, 3.63) is 72.9 Å². The first kappa shape index (κ1) is 61.9. The van der Waals surface area contributed by atoms with E-state index in [4.69, 9.17) is 14.2 Å². The molecule has 1 atom stereocenters. The molecular formula is C59H102O6. The third kappa shape index (κ3) is 51.7. The topological polar surface area (TPSA) is 78.9 Å². The molecule has 0 aromatic heterocycles. The molecule has 374 valence electrons. The number of hydrogen-bond donors (Lipinski definition) is 0. The SMILES string of the molecule is CC/C=C\C/C=C\C/C=C\CCCCCCCCCC(=O)OC(COC(=O)CCCCCCC/C=C\CCCCC)COC(=O)CCCCCCCCC/C=C\C/C=C\CCCCCC. The van der Waals surface area contributed by atoms with Crippen LogP contribution in [-0.4, -0.2) is 37.2 Å². The largest absolute Gasteiger partial charge is 0.462 e. The van der Waals surface area contributed by atoms with Gasteiger partial charge in [-0.1, -0.05) is 209 Å². The summed E-state index contributed by atoms with van der Waals surface area (Å²) in [6.45, 7) is 6.48. The second-order valence-electron chi connectivity index (χ2n) is 18.1. The van der Waals surface area contributed by atoms with Crippen molar-refractivity contribution >= 4 is 17.9 Å². The maximum atomic E-state index is 12.8. The van der Waals surface area contributed by atoms with Gasteiger partial charge in [0.2, 0.25) is 0 Å². The van der Waals surface area contributed by atoms with Gasteiger partial charge in [-0.3, -0.25) is 14.4 Å². The van der Waals surface area contributed by atoms with Crippen LogP contribution in [-0.2, 0) is 28.6 Å². The van der Waals surface area contributed by atoms with E-state index in [9.17, 15) is 14.4 Å². The number of hydrogen-bond acceptors (Lipinski definition) is 6. The predicted molar refractivity (Wildman–Crippen MR) is 279 cm³/mol. The van der Waals surface area contributed by atoms with Crippen molar-refractivity contribution in [2.45, 2.75) is 271 Å². The van der Waals surface area contributed by atoms with Crippen LogP contribution < -0.4 is 0 Å². The molecule has 1 unspecified atom stereocenters. The Bertz CT molecular complexity index is 1230. The Labute approximate surface area is 402 Å². The molecule has 0 aliphatic rings. The molecule has 0 saturated carbocycles. The fraction of sp³-hybridized carbons (Fsp3) is 0.746. The van der Waals surface area contributed by atoms with Gasteiger partial charge in [-0.15, -0.1) is 0 Å². The molecule has 0 spiro atoms. The van der Waals surface area contributed by atoms with E-state index in [1.54, 1.807) is 0 Å². The minimum Gasteiger partial charge on any atom is -0.462 e. The highest BCUT2D eigenvalue weighted by atomic mass is 16.6. The van der Waals surface area contributed by atoms with Crippen LogP contribution in [0.3, 0.4) is 0 Å². The van der Waals surface area contributed by atoms with Crippen LogP contribution in [0.2, 0.25) is 0 Å². The summed E-state index contributed by atoms with van der Waals surface area (Å²) in [6, 6.07) is 0. The van der Waals surface area contributed by atoms with E-state index in [-0.39, 0.29) is 31.1 Å². The Morgan fingerprint density at radius 2 is 0.600 bits per heavy atom. The molecule has 65 heavy (non-hydrogen) atoms. The lowest BCUT2D eigenvalue weighted by Crippen LogP contribution is -2.30. The van der Waals surface area contributed by atoms with Crippen LogP contribution in [0.25, 0.3) is 0 Å². The molecule has 0 bridgehead atoms. The van der Waals surface area contributed by atoms with Gasteiger partial charge in [0.1, 0.15) is 13.2 Å². The third-order valence-corrected chi connectivity index (χ3v) is 11.7. The first-order valence-electron chi connectivity index (χ1n) is 27.4. The number of rotatable bonds is 49. The summed E-state index contributed by atoms with van der Waals surface area (Å²) < 4.78 is 16.8. The van der Waals surface area contributed by atoms with E-state index in [0.717, 1.165) is 103 Å². The number of unbranched alkanes of at least 4 members (excludes halogenated alkanes) is 26. The lowest BCUT2D eigenvalue weighted by atomic mass is 10.1. The van der Waals surface area contributed by atoms with E-state index in [1.807, 2.05) is 0 Å². The van der Waals surface area contributed by atoms with E-state index in [2.05, 4.69) is 93.7 Å². The van der Waals surface area contributed by atoms with Crippen LogP contribution in [0.1, 0.15) is 265 Å². The van der Waals surface area contributed by atoms with Gasteiger partial charge in [0, 0.05) is 19.3 Å². The Morgan fingerprint density at radius 3 is 0.985 bits per heavy atom. The quantitative estimate of drug-likeness (QED) is 0.0262. The van der Waals surface area contributed by atoms with E-state index in [1.165, 1.54) is 122 Å². The standard InChI is InChI=1S/C59H102O6/c1-4-7-10-13-16-19-22-25-27-29-31-32-34-37-40-43-46-49-52-58(61)64-55-56(54-63-57(60)51-48-45-42-39-36-24-21-18-15-12-9-6-3)65-59(62)53-50-47-44-41-38-35-33-30-28-26-23-20-17-14-11-8-5-2/h8,11,17-22,26-29,56H,4-7,9-10,12-16,23-25,30-55H2,1-3H3/b11-8-,20-17-,21-18-,22-19-,28-26-,29-27-. The molecule has 0 aromatic rings. The van der Waals surface area contributed by atoms with Crippen molar-refractivity contribution in [1.82, 2.24) is 0 Å². The molecule has 0 aliphatic carbocycles. The monoisotopic (exact) mass is 907 g/mol. The number of carbonyl (C=O) groups excluding carboxylic acids is 3. The molecular weight excluding hydrogens is 805 g/mol. The first-order chi connectivity index (χ1) is 32.0. The second kappa shape index (κ2) is 53.5. The van der Waals surface area contributed by atoms with Gasteiger partial charge in [-0.25, -0.2) is 0 Å². The van der Waals surface area contributed by atoms with Gasteiger partial charge in [-0.2, -0.15) is 0 Å². The predicted octanol–water partition coefficient (Wildman–Crippen LogP) is 18.2. The molecule has 0 aliphatic heterocycles. The third-order valence-electron chi connectivity index (χ3n) is 11.7. The summed E-state index contributed by atoms with van der Waals surface area (Å²) in [6.07, 6.45) is 67.4. The average Bonchev–Trinajstić information content (AvgIpc) is 3.30. The zero-order chi connectivity index (χ0) is 47.2. The zero-order valence-electron chi connectivity index (χ0n) is 42.7. The molecule has 0 fully saturated rings. The highest BCUT2D eigenvalue weighted by Crippen LogP contribution is 2.14. The Balaban J connectivity index is 4.39. The van der Waals surface area contributed by atoms with Crippen LogP contribution >= 0.6 is 0 Å². The van der Waals surface area contributed by atoms with Gasteiger partial charge >= 0.3 is 17.9 Å². The molecule has 0 rings (SSSR count). The minimum atomic E-state index is -0.787. The lowest BCUT2D eigenvalue weighted by Gasteiger charge is -2.18. The minimum absolute atomic E-state index is 0.0861. The second-order valence-corrected chi connectivity index (χ2v) is 18.1. The summed E-state index contributed by atoms with van der Waals surface area (Å²) >= 11 is 0. The van der Waals surface area contributed by atoms with Crippen LogP contribution in [0.5, 0.6) is 0 Å². The molecule has 0 amide bonds. The van der Waals surface area contributed by atoms with Gasteiger partial charge in [0.25, 0.3) is 0 Å². The molecule has 6 nitrogen and oxygen atoms in total. The Hall–Kier alpha value is -3.15. The summed E-state index contributed by atoms with van der Waals surface area (Å²) in [5.74, 6) is -0.908. The van der Waals surface area contributed by atoms with Crippen LogP contribution in [0.4, 0.5) is 0 Å². The molecule has 0 radical (unpaired) electrons. The van der Waals surface area contributed by atoms with Crippen molar-refractivity contribution in [3.63, 3.8) is 0 Å². The molecule has 0 aromatic carbocycles. The zero-order valence-corrected chi connectivity index (χ0v) is 42.7. The first-order valence-corrected chi connectivity index (χ1v) is 27.4. The number of carbonyl (C=O) groups is 3. The number of ether oxygens (including phenoxy) is 3. The van der Waals surface area contributed by atoms with Gasteiger partial charge in [0.05, 0.1) is 0 Å². The van der Waals surface area contributed by atoms with Crippen molar-refractivity contribution in [2.75, 3.05) is 13.2 Å². The molecule has 0 heterocycles. The fourth-order valence-electron chi connectivity index (χ4n) is 7.54. The average molecular weight is 907 g/mol. The highest BCUT2D eigenvalue weighted by molar-refractivity contribution is 5.71. The Kier molecular flexibility index (Phi) is 50.9. The highest BCUT2D eigenvalue weighted by Gasteiger charge is 2.19. The number of esters is 3. The molecule has 0 N–H and O–H groups in total. The normalized spacial score (nSPS) is 12.6. The van der Waals surface area contributed by atoms with Gasteiger partial charge < -0.3 is 14.2 Å². The van der Waals surface area contributed by atoms with E-state index >= 15 is 0 Å². The van der Waals surface area contributed by atoms with Gasteiger partial charge in [0.15, 0.2) is 6.10 Å². The molecule has 0 saturated heterocycles. The lowest BCUT2D eigenvalue weighted by molar-refractivity contribution is -0.167. The van der Waals surface area contributed by atoms with Crippen molar-refractivity contribution in [3.8, 4) is 0 Å². The maximum Gasteiger partial charge on any atom is 0.306 e. The summed E-state index contributed by atoms with van der Waals surface area (Å²) in [5, 5.41) is 0. The smallest absolute Gasteiger partial charge is 0.306 e. The van der Waals surface area contributed by atoms with Crippen LogP contribution in [0, 0.1) is 0 Å². The van der Waals surface area contributed by atoms with Crippen molar-refractivity contribution < 1.29 is 28.6 Å². The number of allylic oxidation sites excluding steroid dienone is 12.